The Kier molecular flexibility index (Phi) is 5.06. The van der Waals surface area contributed by atoms with Crippen molar-refractivity contribution in [2.75, 3.05) is 6.61 Å². The fourth-order valence-electron chi connectivity index (χ4n) is 1.74. The van der Waals surface area contributed by atoms with E-state index in [1.54, 1.807) is 18.5 Å². The predicted octanol–water partition coefficient (Wildman–Crippen LogP) is 2.51. The minimum absolute atomic E-state index is 0.113. The predicted molar refractivity (Wildman–Crippen MR) is 78.2 cm³/mol. The van der Waals surface area contributed by atoms with E-state index in [4.69, 9.17) is 14.9 Å². The maximum Gasteiger partial charge on any atom is 0.328 e. The van der Waals surface area contributed by atoms with Gasteiger partial charge in [-0.1, -0.05) is 12.1 Å². The van der Waals surface area contributed by atoms with Crippen LogP contribution in [-0.2, 0) is 11.2 Å². The number of aromatic nitrogens is 1. The molecule has 1 aromatic carbocycles. The zero-order valence-electron chi connectivity index (χ0n) is 11.3. The average molecular weight is 285 g/mol. The van der Waals surface area contributed by atoms with Gasteiger partial charge in [-0.05, 0) is 41.8 Å². The maximum atomic E-state index is 10.5. The molecule has 2 aromatic rings. The molecule has 1 aromatic heterocycles. The molecule has 0 radical (unpaired) electrons. The minimum Gasteiger partial charge on any atom is -0.478 e. The van der Waals surface area contributed by atoms with Crippen LogP contribution >= 0.6 is 0 Å². The first-order chi connectivity index (χ1) is 10.2. The molecule has 5 nitrogen and oxygen atoms in total. The lowest BCUT2D eigenvalue weighted by atomic mass is 10.1. The van der Waals surface area contributed by atoms with Crippen molar-refractivity contribution in [3.8, 4) is 11.5 Å². The van der Waals surface area contributed by atoms with Crippen LogP contribution in [0.2, 0.25) is 0 Å². The molecule has 0 amide bonds. The average Bonchev–Trinajstić information content (AvgIpc) is 2.48. The number of carbonyl (C=O) groups is 1. The van der Waals surface area contributed by atoms with Gasteiger partial charge < -0.3 is 14.9 Å². The highest BCUT2D eigenvalue weighted by Crippen LogP contribution is 2.22. The van der Waals surface area contributed by atoms with E-state index in [2.05, 4.69) is 4.98 Å². The number of ether oxygens (including phenoxy) is 1. The summed E-state index contributed by atoms with van der Waals surface area (Å²) in [6.07, 6.45) is 6.21. The summed E-state index contributed by atoms with van der Waals surface area (Å²) in [5.41, 5.74) is 1.67. The highest BCUT2D eigenvalue weighted by molar-refractivity contribution is 5.85. The van der Waals surface area contributed by atoms with Gasteiger partial charge in [0.05, 0.1) is 6.20 Å². The van der Waals surface area contributed by atoms with Gasteiger partial charge in [0.25, 0.3) is 0 Å². The number of hydrogen-bond donors (Lipinski definition) is 2. The van der Waals surface area contributed by atoms with Gasteiger partial charge in [-0.25, -0.2) is 4.79 Å². The summed E-state index contributed by atoms with van der Waals surface area (Å²) >= 11 is 0. The molecule has 21 heavy (non-hydrogen) atoms. The van der Waals surface area contributed by atoms with E-state index in [9.17, 15) is 4.79 Å². The number of benzene rings is 1. The number of aliphatic hydroxyl groups excluding tert-OH is 1. The minimum atomic E-state index is -1.01. The highest BCUT2D eigenvalue weighted by Gasteiger charge is 2.00. The fourth-order valence-corrected chi connectivity index (χ4v) is 1.74. The Bertz CT molecular complexity index is 635. The zero-order chi connectivity index (χ0) is 15.1. The molecule has 0 fully saturated rings. The number of pyridine rings is 1. The van der Waals surface area contributed by atoms with E-state index in [1.165, 1.54) is 6.08 Å². The summed E-state index contributed by atoms with van der Waals surface area (Å²) in [5, 5.41) is 17.4. The van der Waals surface area contributed by atoms with Crippen molar-refractivity contribution in [3.63, 3.8) is 0 Å². The summed E-state index contributed by atoms with van der Waals surface area (Å²) in [5.74, 6) is 0.163. The van der Waals surface area contributed by atoms with Crippen LogP contribution in [0.25, 0.3) is 6.08 Å². The van der Waals surface area contributed by atoms with Crippen LogP contribution < -0.4 is 4.74 Å². The van der Waals surface area contributed by atoms with E-state index in [0.717, 1.165) is 11.6 Å². The van der Waals surface area contributed by atoms with Crippen LogP contribution in [0.5, 0.6) is 11.5 Å². The molecule has 108 valence electrons. The number of carboxylic acids is 1. The van der Waals surface area contributed by atoms with Crippen molar-refractivity contribution in [2.45, 2.75) is 6.42 Å². The summed E-state index contributed by atoms with van der Waals surface area (Å²) < 4.78 is 5.65. The number of aliphatic hydroxyl groups is 1. The number of carboxylic acid groups (broad SMARTS) is 1. The normalized spacial score (nSPS) is 10.7. The Labute approximate surface area is 122 Å². The smallest absolute Gasteiger partial charge is 0.328 e. The summed E-state index contributed by atoms with van der Waals surface area (Å²) in [6, 6.07) is 9.09. The van der Waals surface area contributed by atoms with Crippen molar-refractivity contribution in [1.82, 2.24) is 4.98 Å². The molecule has 0 aliphatic rings. The van der Waals surface area contributed by atoms with E-state index in [-0.39, 0.29) is 6.61 Å². The molecule has 0 bridgehead atoms. The molecule has 1 heterocycles. The molecular formula is C16H15NO4. The molecule has 0 saturated heterocycles. The molecule has 0 atom stereocenters. The van der Waals surface area contributed by atoms with Gasteiger partial charge in [0.1, 0.15) is 11.5 Å². The largest absolute Gasteiger partial charge is 0.478 e. The van der Waals surface area contributed by atoms with Gasteiger partial charge in [-0.2, -0.15) is 0 Å². The lowest BCUT2D eigenvalue weighted by molar-refractivity contribution is -0.131. The Balaban J connectivity index is 2.08. The standard InChI is InChI=1S/C16H15NO4/c18-8-7-12-1-4-14(5-2-12)21-15-9-13(10-17-11-15)3-6-16(19)20/h1-6,9-11,18H,7-8H2,(H,19,20)/b6-3+. The Morgan fingerprint density at radius 1 is 1.19 bits per heavy atom. The summed E-state index contributed by atoms with van der Waals surface area (Å²) in [4.78, 5) is 14.5. The van der Waals surface area contributed by atoms with Crippen LogP contribution in [0.15, 0.2) is 48.8 Å². The topological polar surface area (TPSA) is 79.7 Å². The van der Waals surface area contributed by atoms with Crippen molar-refractivity contribution in [2.24, 2.45) is 0 Å². The van der Waals surface area contributed by atoms with E-state index < -0.39 is 5.97 Å². The lowest BCUT2D eigenvalue weighted by Gasteiger charge is -2.06. The number of aliphatic carboxylic acids is 1. The fraction of sp³-hybridized carbons (Fsp3) is 0.125. The van der Waals surface area contributed by atoms with Gasteiger partial charge in [0.2, 0.25) is 0 Å². The second-order valence-electron chi connectivity index (χ2n) is 4.35. The third-order valence-corrected chi connectivity index (χ3v) is 2.71. The summed E-state index contributed by atoms with van der Waals surface area (Å²) in [7, 11) is 0. The Morgan fingerprint density at radius 2 is 1.95 bits per heavy atom. The zero-order valence-corrected chi connectivity index (χ0v) is 11.3. The Morgan fingerprint density at radius 3 is 2.62 bits per heavy atom. The second kappa shape index (κ2) is 7.21. The second-order valence-corrected chi connectivity index (χ2v) is 4.35. The van der Waals surface area contributed by atoms with Crippen LogP contribution in [0.1, 0.15) is 11.1 Å². The first-order valence-corrected chi connectivity index (χ1v) is 6.41. The molecule has 0 spiro atoms. The lowest BCUT2D eigenvalue weighted by Crippen LogP contribution is -1.91. The molecule has 5 heteroatoms. The van der Waals surface area contributed by atoms with Gasteiger partial charge in [-0.3, -0.25) is 4.98 Å². The van der Waals surface area contributed by atoms with Crippen molar-refractivity contribution >= 4 is 12.0 Å². The molecule has 2 rings (SSSR count). The molecule has 2 N–H and O–H groups in total. The van der Waals surface area contributed by atoms with Crippen molar-refractivity contribution < 1.29 is 19.7 Å². The van der Waals surface area contributed by atoms with Gasteiger partial charge in [0, 0.05) is 18.9 Å². The number of hydrogen-bond acceptors (Lipinski definition) is 4. The monoisotopic (exact) mass is 285 g/mol. The maximum absolute atomic E-state index is 10.5. The molecular weight excluding hydrogens is 270 g/mol. The first kappa shape index (κ1) is 14.7. The van der Waals surface area contributed by atoms with Crippen LogP contribution in [0.4, 0.5) is 0 Å². The van der Waals surface area contributed by atoms with Crippen molar-refractivity contribution in [1.29, 1.82) is 0 Å². The highest BCUT2D eigenvalue weighted by atomic mass is 16.5. The number of nitrogens with zero attached hydrogens (tertiary/aromatic N) is 1. The quantitative estimate of drug-likeness (QED) is 0.797. The van der Waals surface area contributed by atoms with Gasteiger partial charge in [0.15, 0.2) is 0 Å². The molecule has 0 saturated carbocycles. The molecule has 0 aliphatic heterocycles. The van der Waals surface area contributed by atoms with Crippen LogP contribution in [0, 0.1) is 0 Å². The van der Waals surface area contributed by atoms with Crippen LogP contribution in [-0.4, -0.2) is 27.8 Å². The third kappa shape index (κ3) is 4.74. The van der Waals surface area contributed by atoms with Gasteiger partial charge in [-0.15, -0.1) is 0 Å². The number of rotatable bonds is 6. The van der Waals surface area contributed by atoms with E-state index in [0.29, 0.717) is 23.5 Å². The first-order valence-electron chi connectivity index (χ1n) is 6.41. The van der Waals surface area contributed by atoms with E-state index in [1.807, 2.05) is 24.3 Å². The van der Waals surface area contributed by atoms with E-state index >= 15 is 0 Å². The van der Waals surface area contributed by atoms with Crippen molar-refractivity contribution in [3.05, 3.63) is 59.9 Å². The molecule has 0 unspecified atom stereocenters. The molecule has 0 aliphatic carbocycles. The summed E-state index contributed by atoms with van der Waals surface area (Å²) in [6.45, 7) is 0.113. The third-order valence-electron chi connectivity index (χ3n) is 2.71. The SMILES string of the molecule is O=C(O)/C=C/c1cncc(Oc2ccc(CCO)cc2)c1. The van der Waals surface area contributed by atoms with Crippen LogP contribution in [0.3, 0.4) is 0 Å². The Hall–Kier alpha value is -2.66. The van der Waals surface area contributed by atoms with Gasteiger partial charge >= 0.3 is 5.97 Å².